The van der Waals surface area contributed by atoms with Gasteiger partial charge < -0.3 is 0 Å². The average molecular weight is 309 g/mol. The zero-order valence-electron chi connectivity index (χ0n) is 4.97. The van der Waals surface area contributed by atoms with E-state index >= 15 is 0 Å². The lowest BCUT2D eigenvalue weighted by Crippen LogP contribution is -1.88. The minimum atomic E-state index is -0.706. The van der Waals surface area contributed by atoms with Crippen LogP contribution in [-0.2, 0) is 0 Å². The van der Waals surface area contributed by atoms with Crippen LogP contribution in [0.5, 0.6) is 0 Å². The molecule has 0 spiro atoms. The largest absolute Gasteiger partial charge is 0.205 e. The van der Waals surface area contributed by atoms with Gasteiger partial charge in [0.05, 0.1) is 13.6 Å². The molecule has 11 heavy (non-hydrogen) atoms. The Morgan fingerprint density at radius 3 is 2.36 bits per heavy atom. The Balaban J connectivity index is 3.46. The first-order chi connectivity index (χ1) is 5.04. The lowest BCUT2D eigenvalue weighted by atomic mass is 10.3. The molecule has 0 bridgehead atoms. The van der Waals surface area contributed by atoms with Crippen molar-refractivity contribution < 1.29 is 8.78 Å². The third kappa shape index (κ3) is 1.76. The molecule has 1 rings (SSSR count). The molecule has 0 aliphatic heterocycles. The van der Waals surface area contributed by atoms with E-state index in [4.69, 9.17) is 23.2 Å². The molecule has 1 aromatic carbocycles. The zero-order valence-corrected chi connectivity index (χ0v) is 8.64. The minimum Gasteiger partial charge on any atom is -0.205 e. The van der Waals surface area contributed by atoms with Gasteiger partial charge in [-0.25, -0.2) is 8.78 Å². The van der Waals surface area contributed by atoms with Crippen LogP contribution in [-0.4, -0.2) is 0 Å². The van der Waals surface area contributed by atoms with E-state index in [1.165, 1.54) is 0 Å². The van der Waals surface area contributed by atoms with E-state index in [0.29, 0.717) is 0 Å². The van der Waals surface area contributed by atoms with Gasteiger partial charge in [-0.3, -0.25) is 0 Å². The summed E-state index contributed by atoms with van der Waals surface area (Å²) >= 11 is 12.3. The summed E-state index contributed by atoms with van der Waals surface area (Å²) in [5, 5.41) is -0.483. The van der Waals surface area contributed by atoms with Crippen molar-refractivity contribution >= 4 is 45.8 Å². The highest BCUT2D eigenvalue weighted by Gasteiger charge is 2.13. The normalized spacial score (nSPS) is 10.3. The van der Waals surface area contributed by atoms with Crippen LogP contribution in [0.2, 0.25) is 10.0 Å². The van der Waals surface area contributed by atoms with Crippen molar-refractivity contribution in [3.8, 4) is 0 Å². The van der Waals surface area contributed by atoms with Gasteiger partial charge in [0, 0.05) is 0 Å². The highest BCUT2D eigenvalue weighted by molar-refractivity contribution is 14.1. The third-order valence-electron chi connectivity index (χ3n) is 1.06. The predicted octanol–water partition coefficient (Wildman–Crippen LogP) is 3.88. The maximum absolute atomic E-state index is 12.8. The van der Waals surface area contributed by atoms with Crippen LogP contribution in [0.1, 0.15) is 0 Å². The van der Waals surface area contributed by atoms with Crippen molar-refractivity contribution in [1.82, 2.24) is 0 Å². The molecule has 0 unspecified atom stereocenters. The smallest absolute Gasteiger partial charge is 0.156 e. The molecular weight excluding hydrogens is 308 g/mol. The quantitative estimate of drug-likeness (QED) is 0.388. The fourth-order valence-electron chi connectivity index (χ4n) is 0.544. The van der Waals surface area contributed by atoms with Crippen molar-refractivity contribution in [1.29, 1.82) is 0 Å². The summed E-state index contributed by atoms with van der Waals surface area (Å²) in [6.07, 6.45) is 0. The molecule has 60 valence electrons. The fourth-order valence-corrected chi connectivity index (χ4v) is 1.58. The van der Waals surface area contributed by atoms with Crippen LogP contribution in [0.4, 0.5) is 8.78 Å². The fraction of sp³-hybridized carbons (Fsp3) is 0. The first kappa shape index (κ1) is 9.48. The van der Waals surface area contributed by atoms with Crippen LogP contribution in [0, 0.1) is 15.2 Å². The summed E-state index contributed by atoms with van der Waals surface area (Å²) in [6, 6.07) is 0.849. The molecule has 1 aromatic rings. The topological polar surface area (TPSA) is 0 Å². The molecule has 0 fully saturated rings. The van der Waals surface area contributed by atoms with Gasteiger partial charge in [-0.15, -0.1) is 0 Å². The SMILES string of the molecule is Fc1cc(Cl)c(F)c(I)c1Cl. The first-order valence-electron chi connectivity index (χ1n) is 2.52. The highest BCUT2D eigenvalue weighted by atomic mass is 127. The van der Waals surface area contributed by atoms with Gasteiger partial charge in [-0.1, -0.05) is 23.2 Å². The lowest BCUT2D eigenvalue weighted by Gasteiger charge is -2.00. The number of benzene rings is 1. The van der Waals surface area contributed by atoms with E-state index < -0.39 is 11.6 Å². The van der Waals surface area contributed by atoms with Crippen LogP contribution in [0.15, 0.2) is 6.07 Å². The van der Waals surface area contributed by atoms with Crippen molar-refractivity contribution in [3.63, 3.8) is 0 Å². The van der Waals surface area contributed by atoms with Gasteiger partial charge in [0.2, 0.25) is 0 Å². The highest BCUT2D eigenvalue weighted by Crippen LogP contribution is 2.29. The predicted molar refractivity (Wildman–Crippen MR) is 49.1 cm³/mol. The Morgan fingerprint density at radius 1 is 1.27 bits per heavy atom. The Kier molecular flexibility index (Phi) is 2.94. The van der Waals surface area contributed by atoms with E-state index in [2.05, 4.69) is 0 Å². The van der Waals surface area contributed by atoms with Crippen LogP contribution in [0.25, 0.3) is 0 Å². The van der Waals surface area contributed by atoms with E-state index in [9.17, 15) is 8.78 Å². The van der Waals surface area contributed by atoms with Crippen molar-refractivity contribution in [2.24, 2.45) is 0 Å². The third-order valence-corrected chi connectivity index (χ3v) is 3.03. The molecule has 0 nitrogen and oxygen atoms in total. The van der Waals surface area contributed by atoms with Crippen LogP contribution in [0.3, 0.4) is 0 Å². The molecule has 0 heterocycles. The molecule has 0 saturated carbocycles. The lowest BCUT2D eigenvalue weighted by molar-refractivity contribution is 0.594. The summed E-state index contributed by atoms with van der Waals surface area (Å²) in [5.74, 6) is -1.39. The van der Waals surface area contributed by atoms with Gasteiger partial charge >= 0.3 is 0 Å². The van der Waals surface area contributed by atoms with Gasteiger partial charge in [-0.2, -0.15) is 0 Å². The molecule has 0 atom stereocenters. The Labute approximate surface area is 85.6 Å². The monoisotopic (exact) mass is 308 g/mol. The Morgan fingerprint density at radius 2 is 1.82 bits per heavy atom. The second-order valence-electron chi connectivity index (χ2n) is 1.78. The summed E-state index contributed by atoms with van der Waals surface area (Å²) in [4.78, 5) is 0. The zero-order chi connectivity index (χ0) is 8.59. The maximum Gasteiger partial charge on any atom is 0.156 e. The number of hydrogen-bond acceptors (Lipinski definition) is 0. The van der Waals surface area contributed by atoms with Crippen molar-refractivity contribution in [2.75, 3.05) is 0 Å². The summed E-state index contributed by atoms with van der Waals surface area (Å²) in [7, 11) is 0. The van der Waals surface area contributed by atoms with E-state index in [1.54, 1.807) is 22.6 Å². The second kappa shape index (κ2) is 3.41. The standard InChI is InChI=1S/C6HCl2F2I/c7-2-1-3(9)4(8)6(11)5(2)10/h1H. The van der Waals surface area contributed by atoms with E-state index in [0.717, 1.165) is 6.07 Å². The second-order valence-corrected chi connectivity index (χ2v) is 3.65. The molecule has 0 N–H and O–H groups in total. The van der Waals surface area contributed by atoms with Crippen LogP contribution >= 0.6 is 45.8 Å². The van der Waals surface area contributed by atoms with Gasteiger partial charge in [0.1, 0.15) is 5.82 Å². The van der Waals surface area contributed by atoms with Crippen molar-refractivity contribution in [2.45, 2.75) is 0 Å². The molecule has 0 amide bonds. The van der Waals surface area contributed by atoms with E-state index in [1.807, 2.05) is 0 Å². The molecule has 0 aromatic heterocycles. The first-order valence-corrected chi connectivity index (χ1v) is 4.36. The summed E-state index contributed by atoms with van der Waals surface area (Å²) < 4.78 is 25.4. The van der Waals surface area contributed by atoms with Crippen molar-refractivity contribution in [3.05, 3.63) is 31.3 Å². The van der Waals surface area contributed by atoms with Gasteiger partial charge in [0.25, 0.3) is 0 Å². The summed E-state index contributed by atoms with van der Waals surface area (Å²) in [6.45, 7) is 0. The molecule has 0 saturated heterocycles. The number of hydrogen-bond donors (Lipinski definition) is 0. The number of rotatable bonds is 0. The molecule has 0 radical (unpaired) electrons. The molecule has 0 aliphatic rings. The van der Waals surface area contributed by atoms with Gasteiger partial charge in [-0.05, 0) is 28.7 Å². The molecule has 0 aliphatic carbocycles. The van der Waals surface area contributed by atoms with E-state index in [-0.39, 0.29) is 13.6 Å². The van der Waals surface area contributed by atoms with Gasteiger partial charge in [0.15, 0.2) is 5.82 Å². The Bertz CT molecular complexity index is 275. The molecular formula is C6HCl2F2I. The van der Waals surface area contributed by atoms with Crippen LogP contribution < -0.4 is 0 Å². The number of halogens is 5. The maximum atomic E-state index is 12.8. The minimum absolute atomic E-state index is 0.00858. The average Bonchev–Trinajstić information content (AvgIpc) is 1.97. The summed E-state index contributed by atoms with van der Waals surface area (Å²) in [5.41, 5.74) is 0. The molecule has 5 heteroatoms. The Hall–Kier alpha value is 0.390.